The van der Waals surface area contributed by atoms with Gasteiger partial charge >= 0.3 is 0 Å². The first-order valence-corrected chi connectivity index (χ1v) is 16.0. The number of ether oxygens (including phenoxy) is 1. The normalized spacial score (nSPS) is 16.7. The summed E-state index contributed by atoms with van der Waals surface area (Å²) in [5, 5.41) is 1.54. The number of carbonyl (C=O) groups is 1. The predicted octanol–water partition coefficient (Wildman–Crippen LogP) is 6.55. The summed E-state index contributed by atoms with van der Waals surface area (Å²) in [4.78, 5) is 24.5. The molecule has 3 aromatic rings. The van der Waals surface area contributed by atoms with E-state index in [1.807, 2.05) is 18.4 Å². The van der Waals surface area contributed by atoms with Crippen LogP contribution in [0.3, 0.4) is 0 Å². The standard InChI is InChI=1S/C34H49ClFN5O2/c1-23(2)30(9-8-13-38(5)15-16-43-7)40-14-12-25(21-40)17-26-22-41(32-20-37-19-29(35)33(26)32)31-11-10-27(36)18-28(31)34(42)39(6)24(3)4/h10-11,18-20,22-25,30H,8-9,12-17,21H2,1-7H3/t25-,30+/m1/s1. The molecule has 0 saturated carbocycles. The van der Waals surface area contributed by atoms with Gasteiger partial charge in [0.2, 0.25) is 0 Å². The van der Waals surface area contributed by atoms with E-state index in [0.717, 1.165) is 62.1 Å². The van der Waals surface area contributed by atoms with E-state index in [1.165, 1.54) is 25.0 Å². The molecule has 1 fully saturated rings. The maximum absolute atomic E-state index is 14.4. The second kappa shape index (κ2) is 15.0. The highest BCUT2D eigenvalue weighted by molar-refractivity contribution is 6.35. The summed E-state index contributed by atoms with van der Waals surface area (Å²) >= 11 is 6.77. The van der Waals surface area contributed by atoms with Gasteiger partial charge in [0.25, 0.3) is 5.91 Å². The smallest absolute Gasteiger partial charge is 0.256 e. The Morgan fingerprint density at radius 3 is 2.65 bits per heavy atom. The Labute approximate surface area is 261 Å². The van der Waals surface area contributed by atoms with Crippen LogP contribution in [0.25, 0.3) is 16.6 Å². The highest BCUT2D eigenvalue weighted by atomic mass is 35.5. The van der Waals surface area contributed by atoms with E-state index in [4.69, 9.17) is 16.3 Å². The summed E-state index contributed by atoms with van der Waals surface area (Å²) in [5.41, 5.74) is 2.90. The van der Waals surface area contributed by atoms with Crippen molar-refractivity contribution in [2.45, 2.75) is 65.5 Å². The van der Waals surface area contributed by atoms with E-state index < -0.39 is 5.82 Å². The Balaban J connectivity index is 1.56. The summed E-state index contributed by atoms with van der Waals surface area (Å²) in [6, 6.07) is 4.95. The Bertz CT molecular complexity index is 1380. The lowest BCUT2D eigenvalue weighted by Gasteiger charge is -2.32. The third-order valence-electron chi connectivity index (χ3n) is 9.07. The van der Waals surface area contributed by atoms with E-state index in [9.17, 15) is 9.18 Å². The maximum Gasteiger partial charge on any atom is 0.256 e. The van der Waals surface area contributed by atoms with Gasteiger partial charge in [0.15, 0.2) is 0 Å². The van der Waals surface area contributed by atoms with Crippen molar-refractivity contribution >= 4 is 28.4 Å². The molecule has 0 bridgehead atoms. The SMILES string of the molecule is COCCN(C)CCC[C@@H](C(C)C)N1CC[C@H](Cc2cn(-c3ccc(F)cc3C(=O)N(C)C(C)C)c3cncc(Cl)c23)C1. The second-order valence-corrected chi connectivity index (χ2v) is 13.2. The van der Waals surface area contributed by atoms with Gasteiger partial charge in [-0.25, -0.2) is 4.39 Å². The van der Waals surface area contributed by atoms with Crippen molar-refractivity contribution in [2.75, 3.05) is 54.0 Å². The average molecular weight is 614 g/mol. The zero-order valence-electron chi connectivity index (χ0n) is 26.9. The first kappa shape index (κ1) is 33.4. The Morgan fingerprint density at radius 2 is 1.95 bits per heavy atom. The molecule has 0 radical (unpaired) electrons. The number of rotatable bonds is 14. The van der Waals surface area contributed by atoms with Gasteiger partial charge in [0.05, 0.1) is 34.6 Å². The number of nitrogens with zero attached hydrogens (tertiary/aromatic N) is 5. The van der Waals surface area contributed by atoms with E-state index in [1.54, 1.807) is 37.5 Å². The van der Waals surface area contributed by atoms with Crippen molar-refractivity contribution in [3.8, 4) is 5.69 Å². The van der Waals surface area contributed by atoms with Crippen molar-refractivity contribution in [3.05, 3.63) is 58.8 Å². The van der Waals surface area contributed by atoms with Gasteiger partial charge in [0, 0.05) is 57.1 Å². The molecule has 0 aliphatic carbocycles. The molecule has 43 heavy (non-hydrogen) atoms. The number of fused-ring (bicyclic) bond motifs is 1. The molecule has 1 aliphatic heterocycles. The van der Waals surface area contributed by atoms with Crippen LogP contribution < -0.4 is 0 Å². The molecule has 236 valence electrons. The number of benzene rings is 1. The average Bonchev–Trinajstić information content (AvgIpc) is 3.58. The molecule has 7 nitrogen and oxygen atoms in total. The summed E-state index contributed by atoms with van der Waals surface area (Å²) in [6.07, 6.45) is 9.91. The van der Waals surface area contributed by atoms with Crippen LogP contribution in [-0.2, 0) is 11.2 Å². The first-order valence-electron chi connectivity index (χ1n) is 15.6. The molecule has 1 saturated heterocycles. The third kappa shape index (κ3) is 7.96. The summed E-state index contributed by atoms with van der Waals surface area (Å²) in [5.74, 6) is 0.419. The molecule has 1 aromatic carbocycles. The van der Waals surface area contributed by atoms with Gasteiger partial charge in [-0.2, -0.15) is 0 Å². The quantitative estimate of drug-likeness (QED) is 0.206. The molecule has 9 heteroatoms. The number of halogens is 2. The van der Waals surface area contributed by atoms with Crippen molar-refractivity contribution in [2.24, 2.45) is 11.8 Å². The number of pyridine rings is 1. The Hall–Kier alpha value is -2.52. The molecular formula is C34H49ClFN5O2. The minimum atomic E-state index is -0.440. The highest BCUT2D eigenvalue weighted by Gasteiger charge is 2.31. The molecule has 1 aliphatic rings. The van der Waals surface area contributed by atoms with Gasteiger partial charge in [-0.15, -0.1) is 0 Å². The first-order chi connectivity index (χ1) is 20.5. The molecule has 1 amide bonds. The zero-order chi connectivity index (χ0) is 31.3. The Kier molecular flexibility index (Phi) is 11.6. The van der Waals surface area contributed by atoms with Gasteiger partial charge in [-0.1, -0.05) is 25.4 Å². The van der Waals surface area contributed by atoms with E-state index in [2.05, 4.69) is 41.9 Å². The number of methoxy groups -OCH3 is 1. The number of likely N-dealkylation sites (N-methyl/N-ethyl adjacent to an activating group) is 1. The van der Waals surface area contributed by atoms with Crippen LogP contribution in [0.15, 0.2) is 36.8 Å². The fraction of sp³-hybridized carbons (Fsp3) is 0.588. The van der Waals surface area contributed by atoms with Crippen LogP contribution >= 0.6 is 11.6 Å². The van der Waals surface area contributed by atoms with Crippen molar-refractivity contribution in [1.82, 2.24) is 24.3 Å². The Morgan fingerprint density at radius 1 is 1.19 bits per heavy atom. The number of carbonyl (C=O) groups excluding carboxylic acids is 1. The van der Waals surface area contributed by atoms with Gasteiger partial charge in [-0.05, 0) is 95.3 Å². The van der Waals surface area contributed by atoms with Gasteiger partial charge < -0.3 is 19.1 Å². The van der Waals surface area contributed by atoms with E-state index >= 15 is 0 Å². The molecule has 0 unspecified atom stereocenters. The molecule has 2 atom stereocenters. The molecule has 4 rings (SSSR count). The largest absolute Gasteiger partial charge is 0.383 e. The third-order valence-corrected chi connectivity index (χ3v) is 9.36. The van der Waals surface area contributed by atoms with Gasteiger partial charge in [0.1, 0.15) is 5.82 Å². The maximum atomic E-state index is 14.4. The minimum Gasteiger partial charge on any atom is -0.383 e. The lowest BCUT2D eigenvalue weighted by Crippen LogP contribution is -2.38. The highest BCUT2D eigenvalue weighted by Crippen LogP contribution is 2.35. The van der Waals surface area contributed by atoms with E-state index in [0.29, 0.717) is 34.2 Å². The number of likely N-dealkylation sites (tertiary alicyclic amines) is 1. The topological polar surface area (TPSA) is 53.8 Å². The van der Waals surface area contributed by atoms with Crippen LogP contribution in [0.2, 0.25) is 5.02 Å². The van der Waals surface area contributed by atoms with Crippen molar-refractivity contribution < 1.29 is 13.9 Å². The summed E-state index contributed by atoms with van der Waals surface area (Å²) in [7, 11) is 5.66. The molecule has 2 aromatic heterocycles. The van der Waals surface area contributed by atoms with Crippen molar-refractivity contribution in [3.63, 3.8) is 0 Å². The lowest BCUT2D eigenvalue weighted by atomic mass is 9.96. The number of aromatic nitrogens is 2. The predicted molar refractivity (Wildman–Crippen MR) is 174 cm³/mol. The van der Waals surface area contributed by atoms with Crippen LogP contribution in [0.1, 0.15) is 62.9 Å². The molecule has 0 spiro atoms. The number of amides is 1. The minimum absolute atomic E-state index is 0.0201. The number of hydrogen-bond donors (Lipinski definition) is 0. The zero-order valence-corrected chi connectivity index (χ0v) is 27.7. The molecule has 3 heterocycles. The van der Waals surface area contributed by atoms with E-state index in [-0.39, 0.29) is 11.9 Å². The number of hydrogen-bond acceptors (Lipinski definition) is 5. The van der Waals surface area contributed by atoms with Crippen LogP contribution in [0.4, 0.5) is 4.39 Å². The fourth-order valence-electron chi connectivity index (χ4n) is 6.39. The van der Waals surface area contributed by atoms with Gasteiger partial charge in [-0.3, -0.25) is 14.7 Å². The lowest BCUT2D eigenvalue weighted by molar-refractivity contribution is 0.0754. The fourth-order valence-corrected chi connectivity index (χ4v) is 6.67. The second-order valence-electron chi connectivity index (χ2n) is 12.8. The molecule has 0 N–H and O–H groups in total. The molecular weight excluding hydrogens is 565 g/mol. The summed E-state index contributed by atoms with van der Waals surface area (Å²) in [6.45, 7) is 13.5. The summed E-state index contributed by atoms with van der Waals surface area (Å²) < 4.78 is 21.6. The van der Waals surface area contributed by atoms with Crippen molar-refractivity contribution in [1.29, 1.82) is 0 Å². The van der Waals surface area contributed by atoms with Crippen LogP contribution in [0.5, 0.6) is 0 Å². The van der Waals surface area contributed by atoms with Crippen LogP contribution in [0, 0.1) is 17.7 Å². The monoisotopic (exact) mass is 613 g/mol. The van der Waals surface area contributed by atoms with Crippen LogP contribution in [-0.4, -0.2) is 96.2 Å².